The molecule has 5 nitrogen and oxygen atoms in total. The fourth-order valence-corrected chi connectivity index (χ4v) is 2.13. The maximum absolute atomic E-state index is 12.4. The minimum Gasteiger partial charge on any atom is -0.409 e. The van der Waals surface area contributed by atoms with Crippen molar-refractivity contribution in [2.24, 2.45) is 16.3 Å². The number of benzene rings is 1. The third-order valence-electron chi connectivity index (χ3n) is 3.36. The first-order valence-corrected chi connectivity index (χ1v) is 6.43. The monoisotopic (exact) mass is 283 g/mol. The number of carbonyl (C=O) groups is 1. The molecule has 0 aromatic heterocycles. The van der Waals surface area contributed by atoms with Crippen LogP contribution in [0.25, 0.3) is 0 Å². The zero-order chi connectivity index (χ0) is 14.5. The van der Waals surface area contributed by atoms with Gasteiger partial charge in [-0.3, -0.25) is 4.79 Å². The molecule has 0 heterocycles. The predicted molar refractivity (Wildman–Crippen MR) is 76.5 cm³/mol. The van der Waals surface area contributed by atoms with Crippen LogP contribution in [0.3, 0.4) is 0 Å². The molecule has 0 saturated carbocycles. The van der Waals surface area contributed by atoms with Gasteiger partial charge in [0.2, 0.25) is 5.91 Å². The Balaban J connectivity index is 3.06. The number of rotatable bonds is 5. The lowest BCUT2D eigenvalue weighted by Crippen LogP contribution is -2.46. The normalized spacial score (nSPS) is 12.3. The third-order valence-corrected chi connectivity index (χ3v) is 3.69. The van der Waals surface area contributed by atoms with Gasteiger partial charge in [-0.2, -0.15) is 0 Å². The Morgan fingerprint density at radius 2 is 2.00 bits per heavy atom. The number of carbonyl (C=O) groups excluding carboxylic acids is 1. The second-order valence-corrected chi connectivity index (χ2v) is 4.62. The molecule has 0 aliphatic heterocycles. The van der Waals surface area contributed by atoms with Gasteiger partial charge in [0.05, 0.1) is 10.7 Å². The fourth-order valence-electron chi connectivity index (χ4n) is 1.95. The van der Waals surface area contributed by atoms with Crippen molar-refractivity contribution in [3.05, 3.63) is 29.3 Å². The van der Waals surface area contributed by atoms with Gasteiger partial charge in [-0.1, -0.05) is 42.7 Å². The van der Waals surface area contributed by atoms with Gasteiger partial charge >= 0.3 is 0 Å². The molecule has 0 aliphatic rings. The summed E-state index contributed by atoms with van der Waals surface area (Å²) in [7, 11) is 0. The minimum absolute atomic E-state index is 0.0953. The van der Waals surface area contributed by atoms with E-state index in [1.807, 2.05) is 13.8 Å². The van der Waals surface area contributed by atoms with Gasteiger partial charge in [0.15, 0.2) is 5.84 Å². The van der Waals surface area contributed by atoms with E-state index in [4.69, 9.17) is 22.5 Å². The van der Waals surface area contributed by atoms with E-state index in [2.05, 4.69) is 10.5 Å². The standard InChI is InChI=1S/C13H18ClN3O2/c1-3-13(4-2,11(15)17-19)12(18)16-10-8-6-5-7-9(10)14/h5-8,19H,3-4H2,1-2H3,(H2,15,17)(H,16,18). The van der Waals surface area contributed by atoms with Crippen molar-refractivity contribution >= 4 is 29.0 Å². The van der Waals surface area contributed by atoms with Gasteiger partial charge in [0, 0.05) is 0 Å². The van der Waals surface area contributed by atoms with Crippen LogP contribution in [0.1, 0.15) is 26.7 Å². The average Bonchev–Trinajstić information content (AvgIpc) is 2.43. The molecular weight excluding hydrogens is 266 g/mol. The molecule has 1 aromatic rings. The Bertz CT molecular complexity index is 485. The van der Waals surface area contributed by atoms with Crippen LogP contribution >= 0.6 is 11.6 Å². The third kappa shape index (κ3) is 2.98. The van der Waals surface area contributed by atoms with Crippen molar-refractivity contribution in [1.82, 2.24) is 0 Å². The van der Waals surface area contributed by atoms with Crippen LogP contribution in [0, 0.1) is 5.41 Å². The summed E-state index contributed by atoms with van der Waals surface area (Å²) in [6.45, 7) is 3.63. The van der Waals surface area contributed by atoms with E-state index in [1.54, 1.807) is 24.3 Å². The predicted octanol–water partition coefficient (Wildman–Crippen LogP) is 2.83. The number of amides is 1. The molecule has 104 valence electrons. The summed E-state index contributed by atoms with van der Waals surface area (Å²) in [5.74, 6) is -0.428. The van der Waals surface area contributed by atoms with Gasteiger partial charge in [-0.25, -0.2) is 0 Å². The molecule has 0 atom stereocenters. The van der Waals surface area contributed by atoms with Crippen LogP contribution in [0.5, 0.6) is 0 Å². The summed E-state index contributed by atoms with van der Waals surface area (Å²) in [4.78, 5) is 12.4. The Hall–Kier alpha value is -1.75. The smallest absolute Gasteiger partial charge is 0.238 e. The second kappa shape index (κ2) is 6.43. The molecule has 0 radical (unpaired) electrons. The van der Waals surface area contributed by atoms with E-state index in [9.17, 15) is 4.79 Å². The van der Waals surface area contributed by atoms with Gasteiger partial charge in [0.25, 0.3) is 0 Å². The molecule has 6 heteroatoms. The maximum Gasteiger partial charge on any atom is 0.238 e. The lowest BCUT2D eigenvalue weighted by Gasteiger charge is -2.28. The topological polar surface area (TPSA) is 87.7 Å². The van der Waals surface area contributed by atoms with Gasteiger partial charge in [-0.05, 0) is 25.0 Å². The van der Waals surface area contributed by atoms with Crippen LogP contribution in [-0.2, 0) is 4.79 Å². The van der Waals surface area contributed by atoms with Gasteiger partial charge in [-0.15, -0.1) is 0 Å². The molecule has 0 spiro atoms. The zero-order valence-corrected chi connectivity index (χ0v) is 11.7. The number of hydrogen-bond donors (Lipinski definition) is 3. The Morgan fingerprint density at radius 3 is 2.47 bits per heavy atom. The first-order chi connectivity index (χ1) is 9.01. The number of anilines is 1. The largest absolute Gasteiger partial charge is 0.409 e. The fraction of sp³-hybridized carbons (Fsp3) is 0.385. The highest BCUT2D eigenvalue weighted by atomic mass is 35.5. The molecule has 0 fully saturated rings. The molecule has 19 heavy (non-hydrogen) atoms. The van der Waals surface area contributed by atoms with Crippen molar-refractivity contribution < 1.29 is 10.0 Å². The van der Waals surface area contributed by atoms with E-state index < -0.39 is 5.41 Å². The van der Waals surface area contributed by atoms with Gasteiger partial charge < -0.3 is 16.3 Å². The van der Waals surface area contributed by atoms with E-state index >= 15 is 0 Å². The molecule has 0 aliphatic carbocycles. The highest BCUT2D eigenvalue weighted by Gasteiger charge is 2.40. The summed E-state index contributed by atoms with van der Waals surface area (Å²) in [6.07, 6.45) is 0.853. The van der Waals surface area contributed by atoms with E-state index in [1.165, 1.54) is 0 Å². The molecule has 1 rings (SSSR count). The number of oxime groups is 1. The molecule has 1 amide bonds. The first kappa shape index (κ1) is 15.3. The number of nitrogens with two attached hydrogens (primary N) is 1. The minimum atomic E-state index is -1.03. The number of nitrogens with zero attached hydrogens (tertiary/aromatic N) is 1. The van der Waals surface area contributed by atoms with E-state index in [0.717, 1.165) is 0 Å². The van der Waals surface area contributed by atoms with Crippen molar-refractivity contribution in [2.75, 3.05) is 5.32 Å². The molecule has 0 bridgehead atoms. The van der Waals surface area contributed by atoms with Crippen molar-refractivity contribution in [2.45, 2.75) is 26.7 Å². The van der Waals surface area contributed by atoms with Crippen molar-refractivity contribution in [3.8, 4) is 0 Å². The second-order valence-electron chi connectivity index (χ2n) is 4.21. The quantitative estimate of drug-likeness (QED) is 0.336. The van der Waals surface area contributed by atoms with Crippen molar-refractivity contribution in [3.63, 3.8) is 0 Å². The first-order valence-electron chi connectivity index (χ1n) is 6.05. The number of para-hydroxylation sites is 1. The van der Waals surface area contributed by atoms with Crippen LogP contribution in [0.15, 0.2) is 29.4 Å². The summed E-state index contributed by atoms with van der Waals surface area (Å²) in [5.41, 5.74) is 5.14. The van der Waals surface area contributed by atoms with Crippen LogP contribution in [-0.4, -0.2) is 17.0 Å². The maximum atomic E-state index is 12.4. The Labute approximate surface area is 117 Å². The van der Waals surface area contributed by atoms with Crippen LogP contribution in [0.2, 0.25) is 5.02 Å². The van der Waals surface area contributed by atoms with Crippen LogP contribution in [0.4, 0.5) is 5.69 Å². The highest BCUT2D eigenvalue weighted by molar-refractivity contribution is 6.33. The lowest BCUT2D eigenvalue weighted by molar-refractivity contribution is -0.122. The van der Waals surface area contributed by atoms with E-state index in [0.29, 0.717) is 23.6 Å². The molecule has 0 unspecified atom stereocenters. The highest BCUT2D eigenvalue weighted by Crippen LogP contribution is 2.30. The molecule has 4 N–H and O–H groups in total. The summed E-state index contributed by atoms with van der Waals surface area (Å²) >= 11 is 5.99. The summed E-state index contributed by atoms with van der Waals surface area (Å²) in [5, 5.41) is 15.0. The Kier molecular flexibility index (Phi) is 5.18. The number of halogens is 1. The van der Waals surface area contributed by atoms with E-state index in [-0.39, 0.29) is 11.7 Å². The molecule has 0 saturated heterocycles. The molecule has 1 aromatic carbocycles. The lowest BCUT2D eigenvalue weighted by atomic mass is 9.80. The summed E-state index contributed by atoms with van der Waals surface area (Å²) < 4.78 is 0. The number of amidine groups is 1. The Morgan fingerprint density at radius 1 is 1.42 bits per heavy atom. The average molecular weight is 284 g/mol. The summed E-state index contributed by atoms with van der Waals surface area (Å²) in [6, 6.07) is 6.92. The van der Waals surface area contributed by atoms with Crippen LogP contribution < -0.4 is 11.1 Å². The number of hydrogen-bond acceptors (Lipinski definition) is 3. The zero-order valence-electron chi connectivity index (χ0n) is 11.0. The molecular formula is C13H18ClN3O2. The van der Waals surface area contributed by atoms with Gasteiger partial charge in [0.1, 0.15) is 5.41 Å². The number of nitrogens with one attached hydrogen (secondary N) is 1. The van der Waals surface area contributed by atoms with Crippen molar-refractivity contribution in [1.29, 1.82) is 0 Å². The SMILES string of the molecule is CCC(CC)(C(=O)Nc1ccccc1Cl)C(N)=NO.